The predicted octanol–water partition coefficient (Wildman–Crippen LogP) is 1.92. The molecule has 1 aromatic carbocycles. The van der Waals surface area contributed by atoms with Crippen LogP contribution >= 0.6 is 13.5 Å². The lowest BCUT2D eigenvalue weighted by Gasteiger charge is -2.05. The Labute approximate surface area is 85.3 Å². The molecule has 2 nitrogen and oxygen atoms in total. The van der Waals surface area contributed by atoms with Gasteiger partial charge in [0.1, 0.15) is 5.75 Å². The van der Waals surface area contributed by atoms with Crippen LogP contribution in [-0.4, -0.2) is 20.3 Å². The monoisotopic (exact) mass is 198 g/mol. The molecule has 1 aliphatic heterocycles. The van der Waals surface area contributed by atoms with Crippen molar-refractivity contribution in [2.75, 3.05) is 20.3 Å². The van der Waals surface area contributed by atoms with Crippen molar-refractivity contribution >= 4 is 13.5 Å². The molecule has 0 spiro atoms. The number of hydrogen-bond donors (Lipinski definition) is 0. The Kier molecular flexibility index (Phi) is 3.63. The van der Waals surface area contributed by atoms with Gasteiger partial charge in [-0.1, -0.05) is 18.2 Å². The van der Waals surface area contributed by atoms with Gasteiger partial charge in [-0.05, 0) is 6.07 Å². The SMILES string of the molecule is COC[C@H]1COc2ccccc21.S. The molecule has 1 aliphatic rings. The van der Waals surface area contributed by atoms with E-state index in [9.17, 15) is 0 Å². The maximum absolute atomic E-state index is 5.48. The summed E-state index contributed by atoms with van der Waals surface area (Å²) in [6, 6.07) is 8.14. The molecule has 13 heavy (non-hydrogen) atoms. The quantitative estimate of drug-likeness (QED) is 0.723. The van der Waals surface area contributed by atoms with Crippen molar-refractivity contribution in [3.8, 4) is 5.75 Å². The molecular weight excluding hydrogens is 184 g/mol. The molecule has 72 valence electrons. The Hall–Kier alpha value is -0.670. The number of methoxy groups -OCH3 is 1. The Balaban J connectivity index is 0.000000845. The molecule has 0 fully saturated rings. The third kappa shape index (κ3) is 1.98. The van der Waals surface area contributed by atoms with Crippen molar-refractivity contribution in [2.45, 2.75) is 5.92 Å². The highest BCUT2D eigenvalue weighted by Crippen LogP contribution is 2.33. The van der Waals surface area contributed by atoms with Crippen molar-refractivity contribution in [1.29, 1.82) is 0 Å². The van der Waals surface area contributed by atoms with E-state index in [0.29, 0.717) is 5.92 Å². The third-order valence-corrected chi connectivity index (χ3v) is 2.17. The molecule has 0 radical (unpaired) electrons. The van der Waals surface area contributed by atoms with Crippen LogP contribution in [-0.2, 0) is 4.74 Å². The van der Waals surface area contributed by atoms with Gasteiger partial charge in [0.15, 0.2) is 0 Å². The summed E-state index contributed by atoms with van der Waals surface area (Å²) in [6.07, 6.45) is 0. The zero-order valence-electron chi connectivity index (χ0n) is 7.62. The van der Waals surface area contributed by atoms with Crippen LogP contribution in [0.25, 0.3) is 0 Å². The lowest BCUT2D eigenvalue weighted by molar-refractivity contribution is 0.166. The van der Waals surface area contributed by atoms with Crippen molar-refractivity contribution in [3.63, 3.8) is 0 Å². The zero-order chi connectivity index (χ0) is 8.39. The van der Waals surface area contributed by atoms with Gasteiger partial charge in [0, 0.05) is 18.6 Å². The van der Waals surface area contributed by atoms with Gasteiger partial charge in [-0.2, -0.15) is 13.5 Å². The van der Waals surface area contributed by atoms with Crippen LogP contribution in [0.15, 0.2) is 24.3 Å². The first-order valence-corrected chi connectivity index (χ1v) is 4.12. The molecule has 1 atom stereocenters. The van der Waals surface area contributed by atoms with Crippen LogP contribution in [0, 0.1) is 0 Å². The molecule has 0 bridgehead atoms. The molecule has 0 amide bonds. The molecule has 2 rings (SSSR count). The van der Waals surface area contributed by atoms with E-state index >= 15 is 0 Å². The second-order valence-corrected chi connectivity index (χ2v) is 3.00. The van der Waals surface area contributed by atoms with E-state index in [-0.39, 0.29) is 13.5 Å². The summed E-state index contributed by atoms with van der Waals surface area (Å²) < 4.78 is 10.6. The highest BCUT2D eigenvalue weighted by atomic mass is 32.1. The van der Waals surface area contributed by atoms with Gasteiger partial charge in [0.2, 0.25) is 0 Å². The molecule has 3 heteroatoms. The van der Waals surface area contributed by atoms with E-state index in [1.54, 1.807) is 7.11 Å². The smallest absolute Gasteiger partial charge is 0.123 e. The molecular formula is C10H14O2S. The van der Waals surface area contributed by atoms with Gasteiger partial charge < -0.3 is 9.47 Å². The van der Waals surface area contributed by atoms with Crippen molar-refractivity contribution in [3.05, 3.63) is 29.8 Å². The Morgan fingerprint density at radius 2 is 2.23 bits per heavy atom. The van der Waals surface area contributed by atoms with E-state index in [1.165, 1.54) is 5.56 Å². The topological polar surface area (TPSA) is 18.5 Å². The number of benzene rings is 1. The Bertz CT molecular complexity index is 273. The predicted molar refractivity (Wildman–Crippen MR) is 56.9 cm³/mol. The zero-order valence-corrected chi connectivity index (χ0v) is 8.62. The van der Waals surface area contributed by atoms with Gasteiger partial charge in [-0.3, -0.25) is 0 Å². The van der Waals surface area contributed by atoms with Crippen molar-refractivity contribution in [1.82, 2.24) is 0 Å². The minimum Gasteiger partial charge on any atom is -0.493 e. The molecule has 0 saturated carbocycles. The van der Waals surface area contributed by atoms with E-state index < -0.39 is 0 Å². The average Bonchev–Trinajstić information content (AvgIpc) is 2.50. The van der Waals surface area contributed by atoms with Crippen molar-refractivity contribution < 1.29 is 9.47 Å². The summed E-state index contributed by atoms with van der Waals surface area (Å²) in [7, 11) is 1.72. The van der Waals surface area contributed by atoms with Crippen LogP contribution < -0.4 is 4.74 Å². The average molecular weight is 198 g/mol. The van der Waals surface area contributed by atoms with Crippen LogP contribution in [0.3, 0.4) is 0 Å². The molecule has 0 aromatic heterocycles. The van der Waals surface area contributed by atoms with Crippen molar-refractivity contribution in [2.24, 2.45) is 0 Å². The second kappa shape index (κ2) is 4.53. The number of hydrogen-bond acceptors (Lipinski definition) is 2. The fourth-order valence-electron chi connectivity index (χ4n) is 1.57. The highest BCUT2D eigenvalue weighted by molar-refractivity contribution is 7.59. The minimum atomic E-state index is 0. The van der Waals surface area contributed by atoms with Crippen LogP contribution in [0.4, 0.5) is 0 Å². The summed E-state index contributed by atoms with van der Waals surface area (Å²) >= 11 is 0. The number of para-hydroxylation sites is 1. The first-order chi connectivity index (χ1) is 5.92. The summed E-state index contributed by atoms with van der Waals surface area (Å²) in [5, 5.41) is 0. The van der Waals surface area contributed by atoms with Crippen LogP contribution in [0.5, 0.6) is 5.75 Å². The van der Waals surface area contributed by atoms with E-state index in [0.717, 1.165) is 19.0 Å². The Morgan fingerprint density at radius 3 is 3.00 bits per heavy atom. The van der Waals surface area contributed by atoms with Crippen LogP contribution in [0.1, 0.15) is 11.5 Å². The standard InChI is InChI=1S/C10H12O2.H2S/c1-11-6-8-7-12-10-5-3-2-4-9(8)10;/h2-5,8H,6-7H2,1H3;1H2/t8-;/m0./s1. The number of fused-ring (bicyclic) bond motifs is 1. The third-order valence-electron chi connectivity index (χ3n) is 2.17. The van der Waals surface area contributed by atoms with E-state index in [4.69, 9.17) is 9.47 Å². The largest absolute Gasteiger partial charge is 0.493 e. The normalized spacial score (nSPS) is 18.7. The summed E-state index contributed by atoms with van der Waals surface area (Å²) in [5.74, 6) is 1.44. The maximum atomic E-state index is 5.48. The van der Waals surface area contributed by atoms with E-state index in [2.05, 4.69) is 6.07 Å². The summed E-state index contributed by atoms with van der Waals surface area (Å²) in [4.78, 5) is 0. The molecule has 0 unspecified atom stereocenters. The van der Waals surface area contributed by atoms with Gasteiger partial charge in [-0.15, -0.1) is 0 Å². The summed E-state index contributed by atoms with van der Waals surface area (Å²) in [5.41, 5.74) is 1.28. The first-order valence-electron chi connectivity index (χ1n) is 4.12. The van der Waals surface area contributed by atoms with Gasteiger partial charge in [-0.25, -0.2) is 0 Å². The number of ether oxygens (including phenoxy) is 2. The van der Waals surface area contributed by atoms with Gasteiger partial charge >= 0.3 is 0 Å². The van der Waals surface area contributed by atoms with Gasteiger partial charge in [0.05, 0.1) is 13.2 Å². The molecule has 1 heterocycles. The van der Waals surface area contributed by atoms with Crippen LogP contribution in [0.2, 0.25) is 0 Å². The summed E-state index contributed by atoms with van der Waals surface area (Å²) in [6.45, 7) is 1.50. The number of rotatable bonds is 2. The fraction of sp³-hybridized carbons (Fsp3) is 0.400. The maximum Gasteiger partial charge on any atom is 0.123 e. The molecule has 0 N–H and O–H groups in total. The first kappa shape index (κ1) is 10.4. The molecule has 0 aliphatic carbocycles. The second-order valence-electron chi connectivity index (χ2n) is 3.00. The highest BCUT2D eigenvalue weighted by Gasteiger charge is 2.22. The lowest BCUT2D eigenvalue weighted by atomic mass is 10.0. The molecule has 0 saturated heterocycles. The Morgan fingerprint density at radius 1 is 1.46 bits per heavy atom. The van der Waals surface area contributed by atoms with E-state index in [1.807, 2.05) is 18.2 Å². The lowest BCUT2D eigenvalue weighted by Crippen LogP contribution is -2.07. The fourth-order valence-corrected chi connectivity index (χ4v) is 1.57. The molecule has 1 aromatic rings. The minimum absolute atomic E-state index is 0. The van der Waals surface area contributed by atoms with Gasteiger partial charge in [0.25, 0.3) is 0 Å².